The summed E-state index contributed by atoms with van der Waals surface area (Å²) in [6.07, 6.45) is 4.29. The highest BCUT2D eigenvalue weighted by Gasteiger charge is 2.28. The van der Waals surface area contributed by atoms with Crippen LogP contribution in [0.3, 0.4) is 0 Å². The summed E-state index contributed by atoms with van der Waals surface area (Å²) >= 11 is 7.79. The van der Waals surface area contributed by atoms with Crippen LogP contribution in [0.4, 0.5) is 4.39 Å². The minimum absolute atomic E-state index is 0.0553. The molecule has 1 saturated heterocycles. The standard InChI is InChI=1S/C22H19ClFN5O2S/c1-3-17(30)29-9-14(10-29)26-8-12(7-25)19-18(15-5-4-13(24)6-16(15)31-2)21-20(22(23)28-19)27-11-32-21/h3-8,11,14H,1,9-10,25H2,2H3/b12-7+,26-8?. The van der Waals surface area contributed by atoms with Crippen LogP contribution in [0.15, 0.2) is 47.6 Å². The van der Waals surface area contributed by atoms with Crippen molar-refractivity contribution in [2.45, 2.75) is 6.04 Å². The summed E-state index contributed by atoms with van der Waals surface area (Å²) in [6, 6.07) is 4.22. The SMILES string of the molecule is C=CC(=O)N1CC(N=C/C(=C\N)c2nc(Cl)c3ncsc3c2-c2ccc(F)cc2OC)C1. The lowest BCUT2D eigenvalue weighted by atomic mass is 9.98. The normalized spacial score (nSPS) is 14.7. The maximum absolute atomic E-state index is 13.8. The molecule has 10 heteroatoms. The molecule has 2 N–H and O–H groups in total. The number of halogens is 2. The van der Waals surface area contributed by atoms with E-state index in [0.29, 0.717) is 46.7 Å². The van der Waals surface area contributed by atoms with E-state index in [4.69, 9.17) is 22.1 Å². The van der Waals surface area contributed by atoms with Gasteiger partial charge in [-0.2, -0.15) is 0 Å². The Hall–Kier alpha value is -3.30. The van der Waals surface area contributed by atoms with E-state index in [1.807, 2.05) is 0 Å². The van der Waals surface area contributed by atoms with Crippen molar-refractivity contribution in [2.75, 3.05) is 20.2 Å². The van der Waals surface area contributed by atoms with Crippen LogP contribution in [0.1, 0.15) is 5.69 Å². The van der Waals surface area contributed by atoms with Crippen LogP contribution in [0, 0.1) is 5.82 Å². The summed E-state index contributed by atoms with van der Waals surface area (Å²) in [5.74, 6) is -0.203. The van der Waals surface area contributed by atoms with Crippen LogP contribution in [0.2, 0.25) is 5.15 Å². The number of fused-ring (bicyclic) bond motifs is 1. The highest BCUT2D eigenvalue weighted by Crippen LogP contribution is 2.42. The molecule has 0 unspecified atom stereocenters. The molecule has 1 amide bonds. The second kappa shape index (κ2) is 9.05. The van der Waals surface area contributed by atoms with Crippen LogP contribution < -0.4 is 10.5 Å². The Morgan fingerprint density at radius 3 is 2.94 bits per heavy atom. The number of carbonyl (C=O) groups is 1. The lowest BCUT2D eigenvalue weighted by Gasteiger charge is -2.36. The summed E-state index contributed by atoms with van der Waals surface area (Å²) in [5, 5.41) is 0.222. The number of amides is 1. The topological polar surface area (TPSA) is 93.7 Å². The number of aliphatic imine (C=N–C) groups is 1. The molecule has 0 saturated carbocycles. The minimum atomic E-state index is -0.422. The first-order valence-corrected chi connectivity index (χ1v) is 10.9. The lowest BCUT2D eigenvalue weighted by molar-refractivity contribution is -0.130. The number of hydrogen-bond donors (Lipinski definition) is 1. The number of hydrogen-bond acceptors (Lipinski definition) is 7. The van der Waals surface area contributed by atoms with Gasteiger partial charge >= 0.3 is 0 Å². The van der Waals surface area contributed by atoms with Gasteiger partial charge in [-0.1, -0.05) is 18.2 Å². The van der Waals surface area contributed by atoms with Crippen molar-refractivity contribution in [3.8, 4) is 16.9 Å². The number of ether oxygens (including phenoxy) is 1. The van der Waals surface area contributed by atoms with E-state index in [2.05, 4.69) is 21.5 Å². The zero-order chi connectivity index (χ0) is 22.8. The predicted molar refractivity (Wildman–Crippen MR) is 126 cm³/mol. The highest BCUT2D eigenvalue weighted by atomic mass is 35.5. The largest absolute Gasteiger partial charge is 0.496 e. The summed E-state index contributed by atoms with van der Waals surface area (Å²) in [7, 11) is 1.47. The van der Waals surface area contributed by atoms with Crippen LogP contribution >= 0.6 is 22.9 Å². The quantitative estimate of drug-likeness (QED) is 0.334. The van der Waals surface area contributed by atoms with E-state index in [0.717, 1.165) is 4.70 Å². The van der Waals surface area contributed by atoms with Gasteiger partial charge in [-0.05, 0) is 18.2 Å². The van der Waals surface area contributed by atoms with E-state index < -0.39 is 5.82 Å². The minimum Gasteiger partial charge on any atom is -0.496 e. The fourth-order valence-corrected chi connectivity index (χ4v) is 4.58. The van der Waals surface area contributed by atoms with Gasteiger partial charge in [0.05, 0.1) is 29.1 Å². The van der Waals surface area contributed by atoms with Gasteiger partial charge in [-0.15, -0.1) is 11.3 Å². The van der Waals surface area contributed by atoms with Crippen molar-refractivity contribution in [2.24, 2.45) is 10.7 Å². The molecule has 1 aliphatic rings. The third kappa shape index (κ3) is 3.96. The number of allylic oxidation sites excluding steroid dienone is 1. The molecular weight excluding hydrogens is 453 g/mol. The van der Waals surface area contributed by atoms with Gasteiger partial charge in [0.25, 0.3) is 0 Å². The zero-order valence-corrected chi connectivity index (χ0v) is 18.7. The predicted octanol–water partition coefficient (Wildman–Crippen LogP) is 3.93. The fourth-order valence-electron chi connectivity index (χ4n) is 3.44. The molecule has 3 heterocycles. The molecule has 0 atom stereocenters. The van der Waals surface area contributed by atoms with Gasteiger partial charge in [0, 0.05) is 48.3 Å². The number of rotatable bonds is 6. The van der Waals surface area contributed by atoms with Gasteiger partial charge in [0.1, 0.15) is 17.1 Å². The molecular formula is C22H19ClFN5O2S. The molecule has 3 aromatic rings. The summed E-state index contributed by atoms with van der Waals surface area (Å²) in [6.45, 7) is 4.49. The maximum Gasteiger partial charge on any atom is 0.246 e. The third-order valence-corrected chi connectivity index (χ3v) is 6.20. The Bertz CT molecular complexity index is 1270. The number of thiazole rings is 1. The van der Waals surface area contributed by atoms with E-state index in [1.165, 1.54) is 42.9 Å². The molecule has 0 radical (unpaired) electrons. The second-order valence-electron chi connectivity index (χ2n) is 7.00. The number of nitrogens with zero attached hydrogens (tertiary/aromatic N) is 4. The molecule has 32 heavy (non-hydrogen) atoms. The van der Waals surface area contributed by atoms with Crippen LogP contribution in [0.5, 0.6) is 5.75 Å². The lowest BCUT2D eigenvalue weighted by Crippen LogP contribution is -2.52. The highest BCUT2D eigenvalue weighted by molar-refractivity contribution is 7.17. The summed E-state index contributed by atoms with van der Waals surface area (Å²) in [4.78, 5) is 26.7. The molecule has 2 aromatic heterocycles. The van der Waals surface area contributed by atoms with Crippen molar-refractivity contribution in [1.82, 2.24) is 14.9 Å². The second-order valence-corrected chi connectivity index (χ2v) is 8.22. The average molecular weight is 472 g/mol. The van der Waals surface area contributed by atoms with E-state index >= 15 is 0 Å². The van der Waals surface area contributed by atoms with E-state index in [1.54, 1.807) is 22.7 Å². The smallest absolute Gasteiger partial charge is 0.246 e. The van der Waals surface area contributed by atoms with Crippen molar-refractivity contribution in [1.29, 1.82) is 0 Å². The first-order valence-electron chi connectivity index (χ1n) is 9.60. The van der Waals surface area contributed by atoms with Crippen LogP contribution in [-0.2, 0) is 4.79 Å². The Kier molecular flexibility index (Phi) is 6.20. The Morgan fingerprint density at radius 2 is 2.25 bits per heavy atom. The van der Waals surface area contributed by atoms with Gasteiger partial charge in [-0.3, -0.25) is 9.79 Å². The Labute approximate surface area is 192 Å². The molecule has 1 aromatic carbocycles. The number of carbonyl (C=O) groups excluding carboxylic acids is 1. The molecule has 1 aliphatic heterocycles. The monoisotopic (exact) mass is 471 g/mol. The van der Waals surface area contributed by atoms with Crippen LogP contribution in [0.25, 0.3) is 26.9 Å². The number of pyridine rings is 1. The van der Waals surface area contributed by atoms with Gasteiger partial charge < -0.3 is 15.4 Å². The van der Waals surface area contributed by atoms with Gasteiger partial charge in [-0.25, -0.2) is 14.4 Å². The van der Waals surface area contributed by atoms with Crippen molar-refractivity contribution >= 4 is 50.8 Å². The molecule has 0 bridgehead atoms. The van der Waals surface area contributed by atoms with Crippen molar-refractivity contribution in [3.63, 3.8) is 0 Å². The fraction of sp³-hybridized carbons (Fsp3) is 0.182. The Balaban J connectivity index is 1.79. The number of benzene rings is 1. The summed E-state index contributed by atoms with van der Waals surface area (Å²) in [5.41, 5.74) is 10.4. The first kappa shape index (κ1) is 21.9. The first-order chi connectivity index (χ1) is 15.5. The molecule has 0 aliphatic carbocycles. The molecule has 7 nitrogen and oxygen atoms in total. The average Bonchev–Trinajstić information content (AvgIpc) is 3.26. The van der Waals surface area contributed by atoms with E-state index in [-0.39, 0.29) is 17.1 Å². The van der Waals surface area contributed by atoms with Crippen molar-refractivity contribution < 1.29 is 13.9 Å². The van der Waals surface area contributed by atoms with Crippen LogP contribution in [-0.4, -0.2) is 53.2 Å². The maximum atomic E-state index is 13.8. The van der Waals surface area contributed by atoms with Gasteiger partial charge in [0.15, 0.2) is 5.15 Å². The number of likely N-dealkylation sites (tertiary alicyclic amines) is 1. The number of aromatic nitrogens is 2. The zero-order valence-electron chi connectivity index (χ0n) is 17.1. The van der Waals surface area contributed by atoms with E-state index in [9.17, 15) is 9.18 Å². The molecule has 0 spiro atoms. The summed E-state index contributed by atoms with van der Waals surface area (Å²) < 4.78 is 20.0. The van der Waals surface area contributed by atoms with Gasteiger partial charge in [0.2, 0.25) is 5.91 Å². The molecule has 164 valence electrons. The number of nitrogens with two attached hydrogens (primary N) is 1. The van der Waals surface area contributed by atoms with Crippen molar-refractivity contribution in [3.05, 3.63) is 59.2 Å². The Morgan fingerprint density at radius 1 is 1.47 bits per heavy atom. The molecule has 1 fully saturated rings. The molecule has 4 rings (SSSR count). The number of methoxy groups -OCH3 is 1. The third-order valence-electron chi connectivity index (χ3n) is 5.10.